The van der Waals surface area contributed by atoms with Crippen molar-refractivity contribution in [1.29, 1.82) is 0 Å². The first kappa shape index (κ1) is 17.5. The number of carbonyl (C=O) groups excluding carboxylic acids is 1. The first-order chi connectivity index (χ1) is 9.81. The largest absolute Gasteiger partial charge is 0.492 e. The Balaban J connectivity index is 2.42. The lowest BCUT2D eigenvalue weighted by Crippen LogP contribution is -2.36. The van der Waals surface area contributed by atoms with Gasteiger partial charge in [0.05, 0.1) is 6.54 Å². The predicted octanol–water partition coefficient (Wildman–Crippen LogP) is 2.52. The van der Waals surface area contributed by atoms with E-state index in [9.17, 15) is 4.79 Å². The van der Waals surface area contributed by atoms with Crippen LogP contribution in [-0.2, 0) is 4.79 Å². The van der Waals surface area contributed by atoms with Gasteiger partial charge in [-0.15, -0.1) is 0 Å². The van der Waals surface area contributed by atoms with Crippen LogP contribution < -0.4 is 4.74 Å². The summed E-state index contributed by atoms with van der Waals surface area (Å²) in [5, 5.41) is 0. The van der Waals surface area contributed by atoms with Crippen LogP contribution in [0.15, 0.2) is 18.2 Å². The van der Waals surface area contributed by atoms with Gasteiger partial charge in [0.1, 0.15) is 12.4 Å². The number of ether oxygens (including phenoxy) is 1. The SMILES string of the molecule is Cc1cc(OCCN(C)CC(=O)N(C)C)ccc1C(C)C. The maximum Gasteiger partial charge on any atom is 0.236 e. The molecule has 0 heterocycles. The molecular weight excluding hydrogens is 264 g/mol. The number of rotatable bonds is 7. The van der Waals surface area contributed by atoms with Crippen molar-refractivity contribution in [2.45, 2.75) is 26.7 Å². The molecule has 0 bridgehead atoms. The van der Waals surface area contributed by atoms with Gasteiger partial charge in [-0.2, -0.15) is 0 Å². The second kappa shape index (κ2) is 8.03. The zero-order chi connectivity index (χ0) is 16.0. The highest BCUT2D eigenvalue weighted by Gasteiger charge is 2.09. The third-order valence-corrected chi connectivity index (χ3v) is 3.51. The molecule has 118 valence electrons. The molecule has 1 rings (SSSR count). The molecule has 0 N–H and O–H groups in total. The van der Waals surface area contributed by atoms with Crippen LogP contribution in [0.1, 0.15) is 30.9 Å². The van der Waals surface area contributed by atoms with E-state index in [1.165, 1.54) is 11.1 Å². The summed E-state index contributed by atoms with van der Waals surface area (Å²) in [5.74, 6) is 1.53. The molecule has 1 aromatic rings. The smallest absolute Gasteiger partial charge is 0.236 e. The highest BCUT2D eigenvalue weighted by Crippen LogP contribution is 2.23. The molecule has 4 nitrogen and oxygen atoms in total. The van der Waals surface area contributed by atoms with Gasteiger partial charge in [-0.25, -0.2) is 0 Å². The van der Waals surface area contributed by atoms with Gasteiger partial charge in [0, 0.05) is 20.6 Å². The predicted molar refractivity (Wildman–Crippen MR) is 87.0 cm³/mol. The van der Waals surface area contributed by atoms with Gasteiger partial charge in [0.2, 0.25) is 5.91 Å². The van der Waals surface area contributed by atoms with Gasteiger partial charge in [0.25, 0.3) is 0 Å². The van der Waals surface area contributed by atoms with Gasteiger partial charge in [-0.3, -0.25) is 9.69 Å². The van der Waals surface area contributed by atoms with E-state index in [0.717, 1.165) is 12.3 Å². The van der Waals surface area contributed by atoms with Crippen LogP contribution >= 0.6 is 0 Å². The number of nitrogens with zero attached hydrogens (tertiary/aromatic N) is 2. The van der Waals surface area contributed by atoms with Gasteiger partial charge >= 0.3 is 0 Å². The highest BCUT2D eigenvalue weighted by molar-refractivity contribution is 5.77. The van der Waals surface area contributed by atoms with Crippen molar-refractivity contribution in [2.24, 2.45) is 0 Å². The maximum absolute atomic E-state index is 11.6. The van der Waals surface area contributed by atoms with Crippen LogP contribution in [0.5, 0.6) is 5.75 Å². The normalized spacial score (nSPS) is 11.0. The first-order valence-corrected chi connectivity index (χ1v) is 7.43. The standard InChI is InChI=1S/C17H28N2O2/c1-13(2)16-8-7-15(11-14(16)3)21-10-9-19(6)12-17(20)18(4)5/h7-8,11,13H,9-10,12H2,1-6H3. The molecule has 0 saturated heterocycles. The average Bonchev–Trinajstić information content (AvgIpc) is 2.38. The highest BCUT2D eigenvalue weighted by atomic mass is 16.5. The van der Waals surface area contributed by atoms with Crippen LogP contribution in [0, 0.1) is 6.92 Å². The summed E-state index contributed by atoms with van der Waals surface area (Å²) in [4.78, 5) is 15.1. The zero-order valence-corrected chi connectivity index (χ0v) is 14.1. The van der Waals surface area contributed by atoms with Crippen molar-refractivity contribution in [2.75, 3.05) is 40.8 Å². The minimum Gasteiger partial charge on any atom is -0.492 e. The Morgan fingerprint density at radius 2 is 1.90 bits per heavy atom. The van der Waals surface area contributed by atoms with E-state index in [0.29, 0.717) is 19.1 Å². The molecule has 0 aromatic heterocycles. The summed E-state index contributed by atoms with van der Waals surface area (Å²) >= 11 is 0. The van der Waals surface area contributed by atoms with Crippen molar-refractivity contribution >= 4 is 5.91 Å². The molecule has 0 saturated carbocycles. The third kappa shape index (κ3) is 5.76. The van der Waals surface area contributed by atoms with E-state index in [1.807, 2.05) is 18.0 Å². The van der Waals surface area contributed by atoms with E-state index in [2.05, 4.69) is 32.9 Å². The summed E-state index contributed by atoms with van der Waals surface area (Å²) in [6.45, 7) is 8.23. The van der Waals surface area contributed by atoms with Crippen molar-refractivity contribution in [3.8, 4) is 5.75 Å². The quantitative estimate of drug-likeness (QED) is 0.774. The molecule has 0 aliphatic rings. The number of aryl methyl sites for hydroxylation is 1. The van der Waals surface area contributed by atoms with Crippen LogP contribution in [0.4, 0.5) is 0 Å². The van der Waals surface area contributed by atoms with Gasteiger partial charge in [-0.05, 0) is 43.1 Å². The molecule has 0 spiro atoms. The molecule has 0 fully saturated rings. The van der Waals surface area contributed by atoms with E-state index in [4.69, 9.17) is 4.74 Å². The summed E-state index contributed by atoms with van der Waals surface area (Å²) in [5.41, 5.74) is 2.62. The van der Waals surface area contributed by atoms with E-state index in [1.54, 1.807) is 19.0 Å². The molecule has 0 aliphatic heterocycles. The summed E-state index contributed by atoms with van der Waals surface area (Å²) in [6.07, 6.45) is 0. The average molecular weight is 292 g/mol. The van der Waals surface area contributed by atoms with Gasteiger partial charge in [0.15, 0.2) is 0 Å². The molecule has 0 unspecified atom stereocenters. The first-order valence-electron chi connectivity index (χ1n) is 7.43. The number of amides is 1. The minimum absolute atomic E-state index is 0.106. The monoisotopic (exact) mass is 292 g/mol. The van der Waals surface area contributed by atoms with Gasteiger partial charge in [-0.1, -0.05) is 19.9 Å². The Hall–Kier alpha value is -1.55. The van der Waals surface area contributed by atoms with Crippen molar-refractivity contribution in [1.82, 2.24) is 9.80 Å². The minimum atomic E-state index is 0.106. The fourth-order valence-electron chi connectivity index (χ4n) is 2.16. The molecule has 4 heteroatoms. The van der Waals surface area contributed by atoms with Crippen molar-refractivity contribution in [3.05, 3.63) is 29.3 Å². The third-order valence-electron chi connectivity index (χ3n) is 3.51. The molecule has 21 heavy (non-hydrogen) atoms. The van der Waals surface area contributed by atoms with Crippen molar-refractivity contribution in [3.63, 3.8) is 0 Å². The number of likely N-dealkylation sites (N-methyl/N-ethyl adjacent to an activating group) is 2. The molecule has 0 atom stereocenters. The van der Waals surface area contributed by atoms with Crippen LogP contribution in [-0.4, -0.2) is 56.5 Å². The lowest BCUT2D eigenvalue weighted by Gasteiger charge is -2.19. The van der Waals surface area contributed by atoms with Crippen LogP contribution in [0.2, 0.25) is 0 Å². The Labute approximate surface area is 128 Å². The molecular formula is C17H28N2O2. The molecule has 1 amide bonds. The van der Waals surface area contributed by atoms with E-state index >= 15 is 0 Å². The summed E-state index contributed by atoms with van der Waals surface area (Å²) < 4.78 is 5.77. The Morgan fingerprint density at radius 1 is 1.24 bits per heavy atom. The zero-order valence-electron chi connectivity index (χ0n) is 14.1. The van der Waals surface area contributed by atoms with Crippen LogP contribution in [0.3, 0.4) is 0 Å². The Bertz CT molecular complexity index is 470. The number of carbonyl (C=O) groups is 1. The number of hydrogen-bond acceptors (Lipinski definition) is 3. The summed E-state index contributed by atoms with van der Waals surface area (Å²) in [6, 6.07) is 6.24. The molecule has 1 aromatic carbocycles. The lowest BCUT2D eigenvalue weighted by atomic mass is 9.98. The fourth-order valence-corrected chi connectivity index (χ4v) is 2.16. The van der Waals surface area contributed by atoms with Crippen LogP contribution in [0.25, 0.3) is 0 Å². The van der Waals surface area contributed by atoms with Crippen molar-refractivity contribution < 1.29 is 9.53 Å². The molecule has 0 radical (unpaired) electrons. The number of benzene rings is 1. The summed E-state index contributed by atoms with van der Waals surface area (Å²) in [7, 11) is 5.47. The Kier molecular flexibility index (Phi) is 6.69. The number of hydrogen-bond donors (Lipinski definition) is 0. The Morgan fingerprint density at radius 3 is 2.43 bits per heavy atom. The maximum atomic E-state index is 11.6. The second-order valence-electron chi connectivity index (χ2n) is 6.05. The topological polar surface area (TPSA) is 32.8 Å². The van der Waals surface area contributed by atoms with Gasteiger partial charge < -0.3 is 9.64 Å². The lowest BCUT2D eigenvalue weighted by molar-refractivity contribution is -0.129. The molecule has 0 aliphatic carbocycles. The fraction of sp³-hybridized carbons (Fsp3) is 0.588. The van der Waals surface area contributed by atoms with E-state index in [-0.39, 0.29) is 5.91 Å². The van der Waals surface area contributed by atoms with E-state index < -0.39 is 0 Å². The second-order valence-corrected chi connectivity index (χ2v) is 6.05.